The van der Waals surface area contributed by atoms with Crippen LogP contribution in [0, 0.1) is 5.92 Å². The van der Waals surface area contributed by atoms with E-state index >= 15 is 0 Å². The number of nitrogens with zero attached hydrogens (tertiary/aromatic N) is 1. The van der Waals surface area contributed by atoms with Crippen LogP contribution in [-0.4, -0.2) is 62.1 Å². The molecular formula is C16H29N3O3. The standard InChI is InChI=1S/C16H29N3O3/c1-2-14(16(21)19-9-11-22-12-10-19)18-15(20)4-3-13-5-7-17-8-6-13/h13-14,17H,2-12H2,1H3,(H,18,20). The lowest BCUT2D eigenvalue weighted by molar-refractivity contribution is -0.140. The number of piperidine rings is 1. The summed E-state index contributed by atoms with van der Waals surface area (Å²) in [6, 6.07) is -0.390. The van der Waals surface area contributed by atoms with E-state index in [0.29, 0.717) is 45.1 Å². The molecule has 22 heavy (non-hydrogen) atoms. The van der Waals surface area contributed by atoms with Crippen molar-refractivity contribution >= 4 is 11.8 Å². The maximum atomic E-state index is 12.4. The fourth-order valence-corrected chi connectivity index (χ4v) is 3.11. The van der Waals surface area contributed by atoms with Crippen LogP contribution in [0.5, 0.6) is 0 Å². The molecular weight excluding hydrogens is 282 g/mol. The number of ether oxygens (including phenoxy) is 1. The third-order valence-electron chi connectivity index (χ3n) is 4.60. The fraction of sp³-hybridized carbons (Fsp3) is 0.875. The molecule has 6 heteroatoms. The van der Waals surface area contributed by atoms with Gasteiger partial charge in [-0.05, 0) is 44.7 Å². The highest BCUT2D eigenvalue weighted by Gasteiger charge is 2.26. The van der Waals surface area contributed by atoms with Crippen molar-refractivity contribution in [2.45, 2.75) is 45.1 Å². The zero-order valence-electron chi connectivity index (χ0n) is 13.6. The predicted molar refractivity (Wildman–Crippen MR) is 84.4 cm³/mol. The average Bonchev–Trinajstić information content (AvgIpc) is 2.59. The number of nitrogens with one attached hydrogen (secondary N) is 2. The summed E-state index contributed by atoms with van der Waals surface area (Å²) in [6.45, 7) is 6.48. The van der Waals surface area contributed by atoms with E-state index < -0.39 is 6.04 Å². The molecule has 1 atom stereocenters. The first-order valence-corrected chi connectivity index (χ1v) is 8.57. The van der Waals surface area contributed by atoms with E-state index in [1.807, 2.05) is 6.92 Å². The van der Waals surface area contributed by atoms with Crippen molar-refractivity contribution < 1.29 is 14.3 Å². The number of hydrogen-bond donors (Lipinski definition) is 2. The maximum Gasteiger partial charge on any atom is 0.245 e. The summed E-state index contributed by atoms with van der Waals surface area (Å²) in [5.74, 6) is 0.676. The molecule has 0 aliphatic carbocycles. The third kappa shape index (κ3) is 5.25. The van der Waals surface area contributed by atoms with E-state index in [2.05, 4.69) is 10.6 Å². The first-order chi connectivity index (χ1) is 10.7. The molecule has 0 aromatic heterocycles. The SMILES string of the molecule is CCC(NC(=O)CCC1CCNCC1)C(=O)N1CCOCC1. The summed E-state index contributed by atoms with van der Waals surface area (Å²) in [4.78, 5) is 26.3. The van der Waals surface area contributed by atoms with Gasteiger partial charge in [0.2, 0.25) is 11.8 Å². The summed E-state index contributed by atoms with van der Waals surface area (Å²) in [5.41, 5.74) is 0. The summed E-state index contributed by atoms with van der Waals surface area (Å²) >= 11 is 0. The molecule has 0 bridgehead atoms. The predicted octanol–water partition coefficient (Wildman–Crippen LogP) is 0.520. The van der Waals surface area contributed by atoms with Crippen molar-refractivity contribution in [3.63, 3.8) is 0 Å². The average molecular weight is 311 g/mol. The molecule has 2 amide bonds. The van der Waals surface area contributed by atoms with Gasteiger partial charge in [0, 0.05) is 19.5 Å². The van der Waals surface area contributed by atoms with Crippen LogP contribution in [0.1, 0.15) is 39.0 Å². The van der Waals surface area contributed by atoms with Gasteiger partial charge in [0.15, 0.2) is 0 Å². The van der Waals surface area contributed by atoms with Crippen molar-refractivity contribution in [3.8, 4) is 0 Å². The number of hydrogen-bond acceptors (Lipinski definition) is 4. The molecule has 2 N–H and O–H groups in total. The molecule has 2 rings (SSSR count). The Morgan fingerprint density at radius 2 is 1.95 bits per heavy atom. The topological polar surface area (TPSA) is 70.7 Å². The summed E-state index contributed by atoms with van der Waals surface area (Å²) in [6.07, 6.45) is 4.39. The molecule has 0 saturated carbocycles. The second-order valence-corrected chi connectivity index (χ2v) is 6.20. The van der Waals surface area contributed by atoms with Crippen LogP contribution in [0.4, 0.5) is 0 Å². The second-order valence-electron chi connectivity index (χ2n) is 6.20. The lowest BCUT2D eigenvalue weighted by atomic mass is 9.93. The minimum Gasteiger partial charge on any atom is -0.378 e. The summed E-state index contributed by atoms with van der Waals surface area (Å²) in [5, 5.41) is 6.25. The van der Waals surface area contributed by atoms with Gasteiger partial charge < -0.3 is 20.3 Å². The zero-order valence-corrected chi connectivity index (χ0v) is 13.6. The monoisotopic (exact) mass is 311 g/mol. The van der Waals surface area contributed by atoms with Gasteiger partial charge in [-0.25, -0.2) is 0 Å². The van der Waals surface area contributed by atoms with Gasteiger partial charge in [-0.1, -0.05) is 6.92 Å². The third-order valence-corrected chi connectivity index (χ3v) is 4.60. The Bertz CT molecular complexity index is 364. The Morgan fingerprint density at radius 1 is 1.27 bits per heavy atom. The minimum atomic E-state index is -0.390. The molecule has 2 fully saturated rings. The first-order valence-electron chi connectivity index (χ1n) is 8.57. The van der Waals surface area contributed by atoms with Gasteiger partial charge in [0.1, 0.15) is 6.04 Å². The summed E-state index contributed by atoms with van der Waals surface area (Å²) < 4.78 is 5.26. The maximum absolute atomic E-state index is 12.4. The molecule has 6 nitrogen and oxygen atoms in total. The van der Waals surface area contributed by atoms with Gasteiger partial charge in [0.25, 0.3) is 0 Å². The number of carbonyl (C=O) groups excluding carboxylic acids is 2. The van der Waals surface area contributed by atoms with Crippen LogP contribution in [0.25, 0.3) is 0 Å². The molecule has 2 aliphatic rings. The van der Waals surface area contributed by atoms with E-state index in [9.17, 15) is 9.59 Å². The highest BCUT2D eigenvalue weighted by Crippen LogP contribution is 2.17. The minimum absolute atomic E-state index is 0.00647. The van der Waals surface area contributed by atoms with Crippen LogP contribution >= 0.6 is 0 Å². The number of rotatable bonds is 6. The van der Waals surface area contributed by atoms with E-state index in [4.69, 9.17) is 4.74 Å². The molecule has 2 aliphatic heterocycles. The van der Waals surface area contributed by atoms with Gasteiger partial charge in [-0.3, -0.25) is 9.59 Å². The lowest BCUT2D eigenvalue weighted by Crippen LogP contribution is -2.51. The van der Waals surface area contributed by atoms with E-state index in [0.717, 1.165) is 32.4 Å². The molecule has 0 aromatic rings. The van der Waals surface area contributed by atoms with Crippen LogP contribution in [0.15, 0.2) is 0 Å². The number of morpholine rings is 1. The molecule has 0 aromatic carbocycles. The fourth-order valence-electron chi connectivity index (χ4n) is 3.11. The molecule has 0 radical (unpaired) electrons. The second kappa shape index (κ2) is 9.10. The number of carbonyl (C=O) groups is 2. The van der Waals surface area contributed by atoms with Gasteiger partial charge in [-0.2, -0.15) is 0 Å². The summed E-state index contributed by atoms with van der Waals surface area (Å²) in [7, 11) is 0. The van der Waals surface area contributed by atoms with Crippen molar-refractivity contribution in [2.24, 2.45) is 5.92 Å². The highest BCUT2D eigenvalue weighted by atomic mass is 16.5. The Kier molecular flexibility index (Phi) is 7.12. The van der Waals surface area contributed by atoms with Crippen molar-refractivity contribution in [3.05, 3.63) is 0 Å². The van der Waals surface area contributed by atoms with Crippen LogP contribution in [0.2, 0.25) is 0 Å². The molecule has 126 valence electrons. The van der Waals surface area contributed by atoms with Crippen LogP contribution in [0.3, 0.4) is 0 Å². The van der Waals surface area contributed by atoms with Gasteiger partial charge in [-0.15, -0.1) is 0 Å². The molecule has 0 spiro atoms. The Labute approximate surface area is 132 Å². The largest absolute Gasteiger partial charge is 0.378 e. The van der Waals surface area contributed by atoms with Crippen molar-refractivity contribution in [1.82, 2.24) is 15.5 Å². The van der Waals surface area contributed by atoms with Crippen molar-refractivity contribution in [1.29, 1.82) is 0 Å². The first kappa shape index (κ1) is 17.2. The smallest absolute Gasteiger partial charge is 0.245 e. The van der Waals surface area contributed by atoms with Crippen LogP contribution in [-0.2, 0) is 14.3 Å². The Morgan fingerprint density at radius 3 is 2.59 bits per heavy atom. The van der Waals surface area contributed by atoms with Crippen LogP contribution < -0.4 is 10.6 Å². The molecule has 2 heterocycles. The van der Waals surface area contributed by atoms with Gasteiger partial charge in [0.05, 0.1) is 13.2 Å². The van der Waals surface area contributed by atoms with E-state index in [-0.39, 0.29) is 11.8 Å². The lowest BCUT2D eigenvalue weighted by Gasteiger charge is -2.30. The Balaban J connectivity index is 1.73. The van der Waals surface area contributed by atoms with E-state index in [1.165, 1.54) is 0 Å². The Hall–Kier alpha value is -1.14. The highest BCUT2D eigenvalue weighted by molar-refractivity contribution is 5.87. The van der Waals surface area contributed by atoms with Gasteiger partial charge >= 0.3 is 0 Å². The van der Waals surface area contributed by atoms with Crippen molar-refractivity contribution in [2.75, 3.05) is 39.4 Å². The zero-order chi connectivity index (χ0) is 15.8. The molecule has 2 saturated heterocycles. The number of amides is 2. The molecule has 1 unspecified atom stereocenters. The quantitative estimate of drug-likeness (QED) is 0.750. The normalized spacial score (nSPS) is 21.4. The van der Waals surface area contributed by atoms with E-state index in [1.54, 1.807) is 4.90 Å².